The zero-order chi connectivity index (χ0) is 6.41. The Bertz CT molecular complexity index is 86.5. The molecule has 0 radical (unpaired) electrons. The molecule has 0 aromatic carbocycles. The maximum Gasteiger partial charge on any atom is 0.0859 e. The average Bonchev–Trinajstić information content (AvgIpc) is 1.66. The molecule has 1 unspecified atom stereocenters. The van der Waals surface area contributed by atoms with E-state index in [1.165, 1.54) is 6.21 Å². The number of aliphatic hydroxyl groups excluding tert-OH is 1. The first-order valence-electron chi connectivity index (χ1n) is 2.56. The molecule has 0 spiro atoms. The predicted octanol–water partition coefficient (Wildman–Crippen LogP) is 0.624. The van der Waals surface area contributed by atoms with Gasteiger partial charge in [0.25, 0.3) is 0 Å². The second-order valence-corrected chi connectivity index (χ2v) is 1.54. The number of hydrogen-bond donors (Lipinski definition) is 1. The molecule has 2 nitrogen and oxygen atoms in total. The molecule has 0 aliphatic carbocycles. The highest BCUT2D eigenvalue weighted by atomic mass is 16.3. The molecule has 8 heavy (non-hydrogen) atoms. The molecule has 0 bridgehead atoms. The Morgan fingerprint density at radius 2 is 2.50 bits per heavy atom. The maximum absolute atomic E-state index is 8.60. The summed E-state index contributed by atoms with van der Waals surface area (Å²) < 4.78 is 0. The second-order valence-electron chi connectivity index (χ2n) is 1.54. The van der Waals surface area contributed by atoms with Gasteiger partial charge in [0.05, 0.1) is 12.6 Å². The molecule has 0 heterocycles. The zero-order valence-electron chi connectivity index (χ0n) is 5.04. The largest absolute Gasteiger partial charge is 0.388 e. The molecular weight excluding hydrogens is 102 g/mol. The first kappa shape index (κ1) is 7.37. The van der Waals surface area contributed by atoms with E-state index in [4.69, 9.17) is 5.11 Å². The number of aliphatic hydroxyl groups is 1. The zero-order valence-corrected chi connectivity index (χ0v) is 5.04. The number of rotatable bonds is 3. The monoisotopic (exact) mass is 113 g/mol. The lowest BCUT2D eigenvalue weighted by Crippen LogP contribution is -1.99. The number of nitrogens with zero attached hydrogens (tertiary/aromatic N) is 1. The maximum atomic E-state index is 8.60. The molecule has 1 N–H and O–H groups in total. The van der Waals surface area contributed by atoms with E-state index in [-0.39, 0.29) is 0 Å². The molecule has 1 atom stereocenters. The lowest BCUT2D eigenvalue weighted by Gasteiger charge is -1.89. The minimum atomic E-state index is -0.435. The van der Waals surface area contributed by atoms with E-state index in [1.807, 2.05) is 0 Å². The quantitative estimate of drug-likeness (QED) is 0.422. The Morgan fingerprint density at radius 3 is 2.88 bits per heavy atom. The fraction of sp³-hybridized carbons (Fsp3) is 0.500. The van der Waals surface area contributed by atoms with Gasteiger partial charge in [0.2, 0.25) is 0 Å². The van der Waals surface area contributed by atoms with Crippen molar-refractivity contribution < 1.29 is 5.11 Å². The van der Waals surface area contributed by atoms with Gasteiger partial charge in [0, 0.05) is 6.21 Å². The summed E-state index contributed by atoms with van der Waals surface area (Å²) in [6.45, 7) is 5.71. The van der Waals surface area contributed by atoms with Gasteiger partial charge in [-0.15, -0.1) is 6.58 Å². The predicted molar refractivity (Wildman–Crippen MR) is 35.2 cm³/mol. The van der Waals surface area contributed by atoms with E-state index in [9.17, 15) is 0 Å². The minimum Gasteiger partial charge on any atom is -0.388 e. The van der Waals surface area contributed by atoms with Crippen molar-refractivity contribution >= 4 is 6.21 Å². The third-order valence-corrected chi connectivity index (χ3v) is 0.556. The average molecular weight is 113 g/mol. The smallest absolute Gasteiger partial charge is 0.0859 e. The molecule has 0 rings (SSSR count). The fourth-order valence-electron chi connectivity index (χ4n) is 0.288. The normalized spacial score (nSPS) is 14.2. The second kappa shape index (κ2) is 4.53. The van der Waals surface area contributed by atoms with E-state index in [1.54, 1.807) is 13.0 Å². The Hall–Kier alpha value is -0.630. The molecular formula is C6H11NO. The number of hydrogen-bond acceptors (Lipinski definition) is 2. The van der Waals surface area contributed by atoms with Crippen LogP contribution in [0, 0.1) is 0 Å². The van der Waals surface area contributed by atoms with Gasteiger partial charge in [-0.25, -0.2) is 0 Å². The van der Waals surface area contributed by atoms with Gasteiger partial charge in [0.15, 0.2) is 0 Å². The van der Waals surface area contributed by atoms with E-state index in [0.29, 0.717) is 6.54 Å². The van der Waals surface area contributed by atoms with Crippen molar-refractivity contribution in [2.45, 2.75) is 13.0 Å². The van der Waals surface area contributed by atoms with Gasteiger partial charge in [0.1, 0.15) is 0 Å². The molecule has 2 heteroatoms. The van der Waals surface area contributed by atoms with Crippen LogP contribution < -0.4 is 0 Å². The molecule has 0 amide bonds. The van der Waals surface area contributed by atoms with Crippen LogP contribution in [0.1, 0.15) is 6.92 Å². The molecule has 0 aromatic rings. The van der Waals surface area contributed by atoms with E-state index >= 15 is 0 Å². The van der Waals surface area contributed by atoms with Crippen molar-refractivity contribution in [1.82, 2.24) is 0 Å². The molecule has 0 saturated heterocycles. The highest BCUT2D eigenvalue weighted by Crippen LogP contribution is 1.73. The molecule has 46 valence electrons. The standard InChI is InChI=1S/C6H11NO/c1-3-4-7-5-6(2)8/h3,5-6,8H,1,4H2,2H3. The summed E-state index contributed by atoms with van der Waals surface area (Å²) in [6, 6.07) is 0. The van der Waals surface area contributed by atoms with E-state index < -0.39 is 6.10 Å². The Balaban J connectivity index is 3.19. The van der Waals surface area contributed by atoms with Gasteiger partial charge in [-0.05, 0) is 6.92 Å². The van der Waals surface area contributed by atoms with E-state index in [0.717, 1.165) is 0 Å². The Morgan fingerprint density at radius 1 is 1.88 bits per heavy atom. The first-order chi connectivity index (χ1) is 3.77. The fourth-order valence-corrected chi connectivity index (χ4v) is 0.288. The van der Waals surface area contributed by atoms with Crippen LogP contribution in [0.3, 0.4) is 0 Å². The SMILES string of the molecule is C=CCN=CC(C)O. The summed E-state index contributed by atoms with van der Waals surface area (Å²) >= 11 is 0. The van der Waals surface area contributed by atoms with Crippen LogP contribution in [-0.4, -0.2) is 24.0 Å². The Kier molecular flexibility index (Phi) is 4.17. The van der Waals surface area contributed by atoms with Gasteiger partial charge in [-0.1, -0.05) is 6.08 Å². The van der Waals surface area contributed by atoms with Crippen molar-refractivity contribution in [3.63, 3.8) is 0 Å². The van der Waals surface area contributed by atoms with Crippen LogP contribution in [0.4, 0.5) is 0 Å². The summed E-state index contributed by atoms with van der Waals surface area (Å²) in [6.07, 6.45) is 2.73. The van der Waals surface area contributed by atoms with Crippen LogP contribution in [0.15, 0.2) is 17.6 Å². The third-order valence-electron chi connectivity index (χ3n) is 0.556. The minimum absolute atomic E-state index is 0.435. The highest BCUT2D eigenvalue weighted by Gasteiger charge is 1.81. The summed E-state index contributed by atoms with van der Waals surface area (Å²) in [4.78, 5) is 3.80. The van der Waals surface area contributed by atoms with Gasteiger partial charge < -0.3 is 5.11 Å². The summed E-state index contributed by atoms with van der Waals surface area (Å²) in [5.74, 6) is 0. The number of aliphatic imine (C=N–C) groups is 1. The van der Waals surface area contributed by atoms with Crippen LogP contribution in [0.5, 0.6) is 0 Å². The molecule has 0 aliphatic rings. The molecule has 0 fully saturated rings. The van der Waals surface area contributed by atoms with Crippen LogP contribution in [0.2, 0.25) is 0 Å². The van der Waals surface area contributed by atoms with Gasteiger partial charge >= 0.3 is 0 Å². The van der Waals surface area contributed by atoms with Crippen LogP contribution in [0.25, 0.3) is 0 Å². The molecule has 0 aromatic heterocycles. The summed E-state index contributed by atoms with van der Waals surface area (Å²) in [7, 11) is 0. The molecule has 0 aliphatic heterocycles. The van der Waals surface area contributed by atoms with E-state index in [2.05, 4.69) is 11.6 Å². The van der Waals surface area contributed by atoms with Crippen molar-refractivity contribution in [2.24, 2.45) is 4.99 Å². The van der Waals surface area contributed by atoms with Gasteiger partial charge in [-0.3, -0.25) is 4.99 Å². The van der Waals surface area contributed by atoms with Crippen molar-refractivity contribution in [1.29, 1.82) is 0 Å². The van der Waals surface area contributed by atoms with Crippen molar-refractivity contribution in [2.75, 3.05) is 6.54 Å². The lowest BCUT2D eigenvalue weighted by atomic mass is 10.4. The molecule has 0 saturated carbocycles. The lowest BCUT2D eigenvalue weighted by molar-refractivity contribution is 0.267. The van der Waals surface area contributed by atoms with Crippen molar-refractivity contribution in [3.8, 4) is 0 Å². The van der Waals surface area contributed by atoms with Crippen molar-refractivity contribution in [3.05, 3.63) is 12.7 Å². The highest BCUT2D eigenvalue weighted by molar-refractivity contribution is 5.61. The van der Waals surface area contributed by atoms with Gasteiger partial charge in [-0.2, -0.15) is 0 Å². The summed E-state index contributed by atoms with van der Waals surface area (Å²) in [5, 5.41) is 8.60. The topological polar surface area (TPSA) is 32.6 Å². The van der Waals surface area contributed by atoms with Crippen LogP contribution in [-0.2, 0) is 0 Å². The Labute approximate surface area is 49.6 Å². The first-order valence-corrected chi connectivity index (χ1v) is 2.56. The summed E-state index contributed by atoms with van der Waals surface area (Å²) in [5.41, 5.74) is 0. The van der Waals surface area contributed by atoms with Crippen LogP contribution >= 0.6 is 0 Å². The third kappa shape index (κ3) is 5.37.